The van der Waals surface area contributed by atoms with Gasteiger partial charge in [-0.05, 0) is 0 Å². The molecule has 2 nitrogen and oxygen atoms in total. The quantitative estimate of drug-likeness (QED) is 0.643. The molecule has 0 spiro atoms. The Morgan fingerprint density at radius 2 is 2.00 bits per heavy atom. The van der Waals surface area contributed by atoms with Gasteiger partial charge in [-0.25, -0.2) is 0 Å². The maximum Gasteiger partial charge on any atom is 0.303 e. The smallest absolute Gasteiger partial charge is 0.303 e. The topological polar surface area (TPSA) is 37.3 Å². The molecule has 0 bridgehead atoms. The number of rotatable bonds is 3. The molecule has 1 N–H and O–H groups in total. The van der Waals surface area contributed by atoms with Crippen molar-refractivity contribution in [1.82, 2.24) is 0 Å². The van der Waals surface area contributed by atoms with Crippen LogP contribution in [0.3, 0.4) is 0 Å². The zero-order valence-electron chi connectivity index (χ0n) is 7.14. The second-order valence-corrected chi connectivity index (χ2v) is 8.95. The molecule has 0 aliphatic carbocycles. The van der Waals surface area contributed by atoms with E-state index in [1.165, 1.54) is 0 Å². The van der Waals surface area contributed by atoms with Gasteiger partial charge < -0.3 is 5.11 Å². The summed E-state index contributed by atoms with van der Waals surface area (Å²) in [5, 5.41) is 8.68. The highest BCUT2D eigenvalue weighted by molar-refractivity contribution is 6.81. The number of hydrogen-bond acceptors (Lipinski definition) is 1. The average molecular weight is 160 g/mol. The van der Waals surface area contributed by atoms with Crippen molar-refractivity contribution in [2.45, 2.75) is 38.5 Å². The molecule has 0 fully saturated rings. The van der Waals surface area contributed by atoms with Gasteiger partial charge >= 0.3 is 5.97 Å². The van der Waals surface area contributed by atoms with Crippen LogP contribution < -0.4 is 0 Å². The third-order valence-corrected chi connectivity index (χ3v) is 6.87. The van der Waals surface area contributed by atoms with E-state index < -0.39 is 14.0 Å². The van der Waals surface area contributed by atoms with Crippen LogP contribution in [0.2, 0.25) is 24.7 Å². The summed E-state index contributed by atoms with van der Waals surface area (Å²) in [6.45, 7) is 8.13. The normalized spacial score (nSPS) is 14.8. The fraction of sp³-hybridized carbons (Fsp3) is 0.857. The summed E-state index contributed by atoms with van der Waals surface area (Å²) >= 11 is 0. The molecule has 60 valence electrons. The number of carboxylic acids is 1. The third-order valence-electron chi connectivity index (χ3n) is 2.45. The molecule has 0 aromatic heterocycles. The second kappa shape index (κ2) is 3.19. The third kappa shape index (κ3) is 2.14. The summed E-state index contributed by atoms with van der Waals surface area (Å²) in [6, 6.07) is 1.04. The van der Waals surface area contributed by atoms with Crippen LogP contribution in [0.15, 0.2) is 0 Å². The molecule has 0 amide bonds. The van der Waals surface area contributed by atoms with E-state index in [1.807, 2.05) is 6.92 Å². The van der Waals surface area contributed by atoms with Crippen LogP contribution >= 0.6 is 0 Å². The molecular formula is C7H16O2Si. The van der Waals surface area contributed by atoms with Crippen molar-refractivity contribution in [3.63, 3.8) is 0 Å². The highest BCUT2D eigenvalue weighted by atomic mass is 28.3. The van der Waals surface area contributed by atoms with Gasteiger partial charge in [0.15, 0.2) is 0 Å². The Morgan fingerprint density at radius 3 is 2.10 bits per heavy atom. The lowest BCUT2D eigenvalue weighted by Gasteiger charge is -2.24. The van der Waals surface area contributed by atoms with Gasteiger partial charge in [-0.3, -0.25) is 4.79 Å². The molecule has 1 unspecified atom stereocenters. The number of hydrogen-bond donors (Lipinski definition) is 1. The summed E-state index contributed by atoms with van der Waals surface area (Å²) in [7, 11) is -1.44. The van der Waals surface area contributed by atoms with Crippen molar-refractivity contribution >= 4 is 14.0 Å². The van der Waals surface area contributed by atoms with E-state index in [0.717, 1.165) is 6.04 Å². The van der Waals surface area contributed by atoms with E-state index in [9.17, 15) is 4.79 Å². The minimum absolute atomic E-state index is 0.113. The van der Waals surface area contributed by atoms with Crippen LogP contribution in [0.1, 0.15) is 13.8 Å². The predicted molar refractivity (Wildman–Crippen MR) is 45.0 cm³/mol. The van der Waals surface area contributed by atoms with Crippen LogP contribution in [-0.2, 0) is 4.79 Å². The first kappa shape index (κ1) is 9.69. The maximum absolute atomic E-state index is 10.5. The highest BCUT2D eigenvalue weighted by Crippen LogP contribution is 2.24. The molecule has 0 radical (unpaired) electrons. The molecule has 0 saturated heterocycles. The van der Waals surface area contributed by atoms with Crippen LogP contribution in [0.25, 0.3) is 0 Å². The first-order valence-electron chi connectivity index (χ1n) is 3.64. The van der Waals surface area contributed by atoms with E-state index in [0.29, 0.717) is 0 Å². The lowest BCUT2D eigenvalue weighted by atomic mass is 10.5. The summed E-state index contributed by atoms with van der Waals surface area (Å²) < 4.78 is 0. The minimum atomic E-state index is -1.44. The molecule has 0 aromatic carbocycles. The summed E-state index contributed by atoms with van der Waals surface area (Å²) in [5.74, 6) is -0.640. The predicted octanol–water partition coefficient (Wildman–Crippen LogP) is 2.19. The standard InChI is InChI=1S/C7H16O2Si/c1-5-10(3,4)6(2)7(8)9/h6H,5H2,1-4H3,(H,8,9). The van der Waals surface area contributed by atoms with Gasteiger partial charge in [0.1, 0.15) is 0 Å². The molecule has 1 atom stereocenters. The second-order valence-electron chi connectivity index (χ2n) is 3.40. The average Bonchev–Trinajstić information content (AvgIpc) is 1.86. The first-order valence-corrected chi connectivity index (χ1v) is 6.93. The van der Waals surface area contributed by atoms with Crippen LogP contribution in [0.4, 0.5) is 0 Å². The van der Waals surface area contributed by atoms with Gasteiger partial charge in [0.25, 0.3) is 0 Å². The molecule has 0 saturated carbocycles. The molecule has 10 heavy (non-hydrogen) atoms. The fourth-order valence-corrected chi connectivity index (χ4v) is 1.92. The van der Waals surface area contributed by atoms with Crippen molar-refractivity contribution in [1.29, 1.82) is 0 Å². The van der Waals surface area contributed by atoms with Gasteiger partial charge in [0.2, 0.25) is 0 Å². The number of aliphatic carboxylic acids is 1. The van der Waals surface area contributed by atoms with E-state index in [-0.39, 0.29) is 5.54 Å². The Balaban J connectivity index is 4.17. The van der Waals surface area contributed by atoms with Gasteiger partial charge in [-0.1, -0.05) is 33.0 Å². The van der Waals surface area contributed by atoms with E-state index in [4.69, 9.17) is 5.11 Å². The van der Waals surface area contributed by atoms with Crippen molar-refractivity contribution in [3.05, 3.63) is 0 Å². The van der Waals surface area contributed by atoms with Crippen molar-refractivity contribution in [2.24, 2.45) is 0 Å². The van der Waals surface area contributed by atoms with Gasteiger partial charge in [-0.15, -0.1) is 0 Å². The maximum atomic E-state index is 10.5. The van der Waals surface area contributed by atoms with Gasteiger partial charge in [0, 0.05) is 5.54 Å². The van der Waals surface area contributed by atoms with Gasteiger partial charge in [-0.2, -0.15) is 0 Å². The van der Waals surface area contributed by atoms with Crippen molar-refractivity contribution < 1.29 is 9.90 Å². The Labute approximate surface area is 63.3 Å². The van der Waals surface area contributed by atoms with Crippen LogP contribution in [0.5, 0.6) is 0 Å². The lowest BCUT2D eigenvalue weighted by molar-refractivity contribution is -0.136. The molecule has 0 heterocycles. The number of carbonyl (C=O) groups is 1. The minimum Gasteiger partial charge on any atom is -0.481 e. The zero-order valence-corrected chi connectivity index (χ0v) is 8.14. The van der Waals surface area contributed by atoms with E-state index in [2.05, 4.69) is 20.0 Å². The molecule has 0 aromatic rings. The summed E-state index contributed by atoms with van der Waals surface area (Å²) in [6.07, 6.45) is 0. The first-order chi connectivity index (χ1) is 4.41. The number of carboxylic acid groups (broad SMARTS) is 1. The SMILES string of the molecule is CC[Si](C)(C)C(C)C(=O)O. The zero-order chi connectivity index (χ0) is 8.36. The van der Waals surface area contributed by atoms with Crippen molar-refractivity contribution in [2.75, 3.05) is 0 Å². The van der Waals surface area contributed by atoms with Crippen molar-refractivity contribution in [3.8, 4) is 0 Å². The Morgan fingerprint density at radius 1 is 1.60 bits per heavy atom. The summed E-state index contributed by atoms with van der Waals surface area (Å²) in [5.41, 5.74) is -0.113. The van der Waals surface area contributed by atoms with Crippen LogP contribution in [0, 0.1) is 0 Å². The molecule has 0 aliphatic rings. The molecule has 3 heteroatoms. The monoisotopic (exact) mass is 160 g/mol. The molecular weight excluding hydrogens is 144 g/mol. The molecule has 0 rings (SSSR count). The fourth-order valence-electron chi connectivity index (χ4n) is 0.640. The highest BCUT2D eigenvalue weighted by Gasteiger charge is 2.31. The summed E-state index contributed by atoms with van der Waals surface area (Å²) in [4.78, 5) is 10.5. The van der Waals surface area contributed by atoms with Gasteiger partial charge in [0.05, 0.1) is 8.07 Å². The lowest BCUT2D eigenvalue weighted by Crippen LogP contribution is -2.34. The Hall–Kier alpha value is -0.313. The molecule has 0 aliphatic heterocycles. The Bertz CT molecular complexity index is 132. The van der Waals surface area contributed by atoms with E-state index >= 15 is 0 Å². The van der Waals surface area contributed by atoms with Crippen LogP contribution in [-0.4, -0.2) is 19.1 Å². The Kier molecular flexibility index (Phi) is 3.09. The largest absolute Gasteiger partial charge is 0.481 e. The van der Waals surface area contributed by atoms with E-state index in [1.54, 1.807) is 0 Å².